The highest BCUT2D eigenvalue weighted by Crippen LogP contribution is 2.20. The van der Waals surface area contributed by atoms with Gasteiger partial charge in [0.1, 0.15) is 0 Å². The minimum atomic E-state index is -0.725. The molecule has 0 bridgehead atoms. The van der Waals surface area contributed by atoms with Gasteiger partial charge in [-0.25, -0.2) is 4.39 Å². The predicted molar refractivity (Wildman–Crippen MR) is 73.1 cm³/mol. The Kier molecular flexibility index (Phi) is 4.22. The fraction of sp³-hybridized carbons (Fsp3) is 0.143. The Morgan fingerprint density at radius 3 is 2.76 bits per heavy atom. The van der Waals surface area contributed by atoms with Gasteiger partial charge in [0, 0.05) is 24.9 Å². The van der Waals surface area contributed by atoms with E-state index in [9.17, 15) is 19.3 Å². The summed E-state index contributed by atoms with van der Waals surface area (Å²) in [5.74, 6) is -1.29. The van der Waals surface area contributed by atoms with E-state index in [1.807, 2.05) is 0 Å². The Labute approximate surface area is 120 Å². The minimum absolute atomic E-state index is 0.0117. The third kappa shape index (κ3) is 3.19. The highest BCUT2D eigenvalue weighted by molar-refractivity contribution is 5.94. The van der Waals surface area contributed by atoms with Gasteiger partial charge in [0.2, 0.25) is 0 Å². The first-order chi connectivity index (χ1) is 10.0. The summed E-state index contributed by atoms with van der Waals surface area (Å²) in [7, 11) is 1.46. The summed E-state index contributed by atoms with van der Waals surface area (Å²) in [4.78, 5) is 27.4. The Hall–Kier alpha value is -2.83. The van der Waals surface area contributed by atoms with Crippen molar-refractivity contribution in [3.05, 3.63) is 69.8 Å². The van der Waals surface area contributed by atoms with E-state index in [0.29, 0.717) is 5.56 Å². The Morgan fingerprint density at radius 2 is 2.10 bits per heavy atom. The zero-order valence-electron chi connectivity index (χ0n) is 11.2. The number of nitrogens with zero attached hydrogens (tertiary/aromatic N) is 3. The summed E-state index contributed by atoms with van der Waals surface area (Å²) < 4.78 is 13.5. The van der Waals surface area contributed by atoms with Crippen molar-refractivity contribution in [2.45, 2.75) is 6.54 Å². The van der Waals surface area contributed by atoms with Crippen molar-refractivity contribution < 1.29 is 14.1 Å². The first-order valence-corrected chi connectivity index (χ1v) is 6.08. The monoisotopic (exact) mass is 289 g/mol. The van der Waals surface area contributed by atoms with Crippen molar-refractivity contribution in [3.8, 4) is 0 Å². The molecule has 0 N–H and O–H groups in total. The van der Waals surface area contributed by atoms with E-state index < -0.39 is 16.6 Å². The van der Waals surface area contributed by atoms with Crippen LogP contribution >= 0.6 is 0 Å². The molecule has 1 amide bonds. The van der Waals surface area contributed by atoms with Crippen molar-refractivity contribution in [1.29, 1.82) is 0 Å². The summed E-state index contributed by atoms with van der Waals surface area (Å²) in [5, 5.41) is 10.9. The number of rotatable bonds is 4. The molecule has 0 aliphatic heterocycles. The smallest absolute Gasteiger partial charge is 0.274 e. The van der Waals surface area contributed by atoms with Gasteiger partial charge in [-0.2, -0.15) is 0 Å². The Bertz CT molecular complexity index is 691. The Balaban J connectivity index is 2.23. The van der Waals surface area contributed by atoms with Gasteiger partial charge in [0.05, 0.1) is 23.2 Å². The number of nitro benzene ring substituents is 1. The third-order valence-electron chi connectivity index (χ3n) is 2.95. The maximum atomic E-state index is 13.5. The number of para-hydroxylation sites is 1. The molecule has 21 heavy (non-hydrogen) atoms. The lowest BCUT2D eigenvalue weighted by Gasteiger charge is -2.17. The van der Waals surface area contributed by atoms with Gasteiger partial charge in [-0.3, -0.25) is 19.9 Å². The number of pyridine rings is 1. The molecule has 0 aliphatic carbocycles. The van der Waals surface area contributed by atoms with Crippen LogP contribution in [0.4, 0.5) is 10.1 Å². The first kappa shape index (κ1) is 14.6. The van der Waals surface area contributed by atoms with Crippen LogP contribution < -0.4 is 0 Å². The van der Waals surface area contributed by atoms with Crippen LogP contribution in [0.1, 0.15) is 15.9 Å². The Morgan fingerprint density at radius 1 is 1.38 bits per heavy atom. The predicted octanol–water partition coefficient (Wildman–Crippen LogP) is 2.40. The number of hydrogen-bond acceptors (Lipinski definition) is 4. The van der Waals surface area contributed by atoms with E-state index in [2.05, 4.69) is 4.98 Å². The summed E-state index contributed by atoms with van der Waals surface area (Å²) in [6.45, 7) is 0.0117. The fourth-order valence-corrected chi connectivity index (χ4v) is 1.90. The molecule has 6 nitrogen and oxygen atoms in total. The van der Waals surface area contributed by atoms with E-state index in [1.54, 1.807) is 18.2 Å². The van der Waals surface area contributed by atoms with Crippen LogP contribution in [0.15, 0.2) is 42.7 Å². The van der Waals surface area contributed by atoms with Gasteiger partial charge in [-0.15, -0.1) is 0 Å². The molecule has 0 saturated heterocycles. The van der Waals surface area contributed by atoms with Crippen molar-refractivity contribution >= 4 is 11.6 Å². The van der Waals surface area contributed by atoms with Crippen LogP contribution in [0.25, 0.3) is 0 Å². The molecule has 0 unspecified atom stereocenters. The first-order valence-electron chi connectivity index (χ1n) is 6.08. The summed E-state index contributed by atoms with van der Waals surface area (Å²) >= 11 is 0. The number of hydrogen-bond donors (Lipinski definition) is 0. The maximum Gasteiger partial charge on any atom is 0.274 e. The molecule has 0 aliphatic rings. The van der Waals surface area contributed by atoms with Gasteiger partial charge in [0.25, 0.3) is 11.6 Å². The minimum Gasteiger partial charge on any atom is -0.337 e. The lowest BCUT2D eigenvalue weighted by Crippen LogP contribution is -2.27. The van der Waals surface area contributed by atoms with Crippen molar-refractivity contribution in [2.24, 2.45) is 0 Å². The molecule has 1 aromatic carbocycles. The summed E-state index contributed by atoms with van der Waals surface area (Å²) in [6, 6.07) is 7.39. The third-order valence-corrected chi connectivity index (χ3v) is 2.95. The van der Waals surface area contributed by atoms with E-state index in [0.717, 1.165) is 6.20 Å². The zero-order valence-corrected chi connectivity index (χ0v) is 11.2. The van der Waals surface area contributed by atoms with Crippen LogP contribution in [0.5, 0.6) is 0 Å². The molecule has 1 heterocycles. The van der Waals surface area contributed by atoms with Crippen LogP contribution in [0.2, 0.25) is 0 Å². The normalized spacial score (nSPS) is 10.2. The highest BCUT2D eigenvalue weighted by Gasteiger charge is 2.19. The van der Waals surface area contributed by atoms with Crippen molar-refractivity contribution in [3.63, 3.8) is 0 Å². The zero-order chi connectivity index (χ0) is 15.4. The van der Waals surface area contributed by atoms with Crippen LogP contribution in [-0.4, -0.2) is 27.8 Å². The number of carbonyl (C=O) groups is 1. The molecule has 0 saturated carbocycles. The molecular weight excluding hydrogens is 277 g/mol. The lowest BCUT2D eigenvalue weighted by atomic mass is 10.1. The maximum absolute atomic E-state index is 13.5. The molecule has 0 radical (unpaired) electrons. The van der Waals surface area contributed by atoms with E-state index >= 15 is 0 Å². The molecule has 0 spiro atoms. The number of halogens is 1. The van der Waals surface area contributed by atoms with Gasteiger partial charge in [-0.05, 0) is 6.07 Å². The van der Waals surface area contributed by atoms with Crippen LogP contribution in [0.3, 0.4) is 0 Å². The van der Waals surface area contributed by atoms with E-state index in [4.69, 9.17) is 0 Å². The molecule has 0 fully saturated rings. The second kappa shape index (κ2) is 6.08. The van der Waals surface area contributed by atoms with Gasteiger partial charge in [0.15, 0.2) is 5.82 Å². The second-order valence-electron chi connectivity index (χ2n) is 4.40. The summed E-state index contributed by atoms with van der Waals surface area (Å²) in [6.07, 6.45) is 2.27. The molecule has 1 aromatic heterocycles. The molecule has 108 valence electrons. The highest BCUT2D eigenvalue weighted by atomic mass is 19.1. The number of aromatic nitrogens is 1. The van der Waals surface area contributed by atoms with Gasteiger partial charge in [-0.1, -0.05) is 18.2 Å². The fourth-order valence-electron chi connectivity index (χ4n) is 1.90. The van der Waals surface area contributed by atoms with Gasteiger partial charge >= 0.3 is 0 Å². The number of nitro groups is 1. The molecule has 7 heteroatoms. The second-order valence-corrected chi connectivity index (χ2v) is 4.40. The average molecular weight is 289 g/mol. The average Bonchev–Trinajstić information content (AvgIpc) is 2.47. The SMILES string of the molecule is CN(Cc1ccccc1[N+](=O)[O-])C(=O)c1ccncc1F. The molecule has 0 atom stereocenters. The standard InChI is InChI=1S/C14H12FN3O3/c1-17(14(19)11-6-7-16-8-12(11)15)9-10-4-2-3-5-13(10)18(20)21/h2-8H,9H2,1H3. The lowest BCUT2D eigenvalue weighted by molar-refractivity contribution is -0.385. The van der Waals surface area contributed by atoms with Gasteiger partial charge < -0.3 is 4.90 Å². The molecule has 2 rings (SSSR count). The number of benzene rings is 1. The summed E-state index contributed by atoms with van der Waals surface area (Å²) in [5.41, 5.74) is 0.186. The molecule has 2 aromatic rings. The van der Waals surface area contributed by atoms with Crippen molar-refractivity contribution in [1.82, 2.24) is 9.88 Å². The topological polar surface area (TPSA) is 76.3 Å². The van der Waals surface area contributed by atoms with Crippen LogP contribution in [0, 0.1) is 15.9 Å². The number of carbonyl (C=O) groups excluding carboxylic acids is 1. The largest absolute Gasteiger partial charge is 0.337 e. The number of amides is 1. The van der Waals surface area contributed by atoms with Crippen LogP contribution in [-0.2, 0) is 6.54 Å². The quantitative estimate of drug-likeness (QED) is 0.639. The molecular formula is C14H12FN3O3. The van der Waals surface area contributed by atoms with E-state index in [-0.39, 0.29) is 17.8 Å². The van der Waals surface area contributed by atoms with E-state index in [1.165, 1.54) is 30.3 Å². The van der Waals surface area contributed by atoms with Crippen molar-refractivity contribution in [2.75, 3.05) is 7.05 Å².